The zero-order valence-electron chi connectivity index (χ0n) is 23.9. The van der Waals surface area contributed by atoms with Crippen LogP contribution in [0.2, 0.25) is 0 Å². The second-order valence-electron chi connectivity index (χ2n) is 9.88. The maximum absolute atomic E-state index is 11.0. The molecule has 252 valence electrons. The van der Waals surface area contributed by atoms with E-state index in [0.717, 1.165) is 5.39 Å². The van der Waals surface area contributed by atoms with Gasteiger partial charge in [0.05, 0.1) is 12.6 Å². The number of nitrogens with zero attached hydrogens (tertiary/aromatic N) is 4. The van der Waals surface area contributed by atoms with E-state index in [9.17, 15) is 23.4 Å². The topological polar surface area (TPSA) is 317 Å². The number of hydrogen-bond acceptors (Lipinski definition) is 15. The van der Waals surface area contributed by atoms with E-state index >= 15 is 0 Å². The Morgan fingerprint density at radius 1 is 1.07 bits per heavy atom. The minimum absolute atomic E-state index is 0.0457. The molecule has 2 aromatic heterocycles. The number of carbonyl (C=O) groups is 1. The molecule has 0 saturated carbocycles. The van der Waals surface area contributed by atoms with Gasteiger partial charge in [-0.05, 0) is 22.3 Å². The number of anilines is 1. The Bertz CT molecular complexity index is 1860. The van der Waals surface area contributed by atoms with Crippen molar-refractivity contribution in [2.75, 3.05) is 23.5 Å². The number of benzene rings is 2. The minimum Gasteiger partial charge on any atom is -0.759 e. The first-order valence-corrected chi connectivity index (χ1v) is 17.8. The van der Waals surface area contributed by atoms with Crippen LogP contribution in [0.3, 0.4) is 0 Å². The number of fused-ring (bicyclic) bond motifs is 2. The van der Waals surface area contributed by atoms with Crippen molar-refractivity contribution in [1.29, 1.82) is 0 Å². The van der Waals surface area contributed by atoms with E-state index in [2.05, 4.69) is 15.0 Å². The lowest BCUT2D eigenvalue weighted by Crippen LogP contribution is -2.37. The summed E-state index contributed by atoms with van der Waals surface area (Å²) in [6.07, 6.45) is 1.31. The fraction of sp³-hybridized carbons (Fsp3) is 0.360. The van der Waals surface area contributed by atoms with Gasteiger partial charge in [0, 0.05) is 22.2 Å². The highest BCUT2D eigenvalue weighted by molar-refractivity contribution is 7.96. The van der Waals surface area contributed by atoms with E-state index in [4.69, 9.17) is 43.4 Å². The highest BCUT2D eigenvalue weighted by Crippen LogP contribution is 2.32. The fourth-order valence-electron chi connectivity index (χ4n) is 4.39. The maximum atomic E-state index is 11.0. The molecular weight excluding hydrogens is 673 g/mol. The van der Waals surface area contributed by atoms with Gasteiger partial charge in [0.1, 0.15) is 52.6 Å². The number of aromatic nitrogens is 4. The molecule has 46 heavy (non-hydrogen) atoms. The van der Waals surface area contributed by atoms with Crippen LogP contribution in [0.4, 0.5) is 5.82 Å². The molecule has 3 heterocycles. The molecule has 6 atom stereocenters. The Morgan fingerprint density at radius 2 is 1.70 bits per heavy atom. The van der Waals surface area contributed by atoms with E-state index < -0.39 is 57.1 Å². The summed E-state index contributed by atoms with van der Waals surface area (Å²) in [7, 11) is -9.53. The Balaban J connectivity index is 0.000000251. The third kappa shape index (κ3) is 9.99. The van der Waals surface area contributed by atoms with E-state index in [1.165, 1.54) is 23.3 Å². The Kier molecular flexibility index (Phi) is 12.4. The standard InChI is InChI=1S/C15H22N6O5S.C10H8O3S.H2O4S/c1-27(3-2-7(16)15(24)25)4-8-10(22)11(23)14(26-8)21-6-20-9-12(17)18-5-19-13(9)21;11-14(12,13)10-7-3-5-8-4-1-2-6-9(8)10;1-5(2,3)4/h5-8,10-11,14,22-23H,2-4,16H2,1H3,(H2-,17,18,19,24,25);1-7H,(H,11,12,13);(H2,1,2,3,4)/p-1/t7-,8+,10+,11+,14+,27?;;/m0../s1. The fourth-order valence-corrected chi connectivity index (χ4v) is 6.76. The lowest BCUT2D eigenvalue weighted by Gasteiger charge is -2.16. The number of hydrogen-bond donors (Lipinski definition) is 6. The Morgan fingerprint density at radius 3 is 2.33 bits per heavy atom. The van der Waals surface area contributed by atoms with Crippen molar-refractivity contribution in [3.05, 3.63) is 55.1 Å². The summed E-state index contributed by atoms with van der Waals surface area (Å²) < 4.78 is 72.5. The summed E-state index contributed by atoms with van der Waals surface area (Å²) in [4.78, 5) is 22.9. The third-order valence-corrected chi connectivity index (χ3v) is 9.31. The Labute approximate surface area is 265 Å². The highest BCUT2D eigenvalue weighted by Gasteiger charge is 2.46. The molecule has 1 saturated heterocycles. The SMILES string of the molecule is C[S+](CC[C@H](N)C(=O)O)C[C@H]1O[C@@H](n2cnc3c(N)ncnc32)[C@H](O)[C@@H]1O.O=S(=O)(O)c1cccc2ccccc12.O=S(=O)([O-])[O-]. The number of aliphatic hydroxyl groups is 2. The molecule has 0 aliphatic carbocycles. The van der Waals surface area contributed by atoms with Crippen LogP contribution in [0.5, 0.6) is 0 Å². The molecule has 0 spiro atoms. The van der Waals surface area contributed by atoms with Crippen LogP contribution >= 0.6 is 0 Å². The second-order valence-corrected chi connectivity index (χ2v) is 14.4. The largest absolute Gasteiger partial charge is 0.759 e. The molecule has 0 amide bonds. The zero-order valence-corrected chi connectivity index (χ0v) is 26.4. The monoisotopic (exact) mass is 703 g/mol. The molecule has 21 heteroatoms. The average molecular weight is 704 g/mol. The number of aliphatic carboxylic acids is 1. The predicted octanol–water partition coefficient (Wildman–Crippen LogP) is -1.17. The quantitative estimate of drug-likeness (QED) is 0.0715. The molecule has 1 aliphatic heterocycles. The molecule has 18 nitrogen and oxygen atoms in total. The van der Waals surface area contributed by atoms with Gasteiger partial charge in [0.25, 0.3) is 10.1 Å². The summed E-state index contributed by atoms with van der Waals surface area (Å²) in [5.74, 6) is 0.254. The lowest BCUT2D eigenvalue weighted by atomic mass is 10.1. The van der Waals surface area contributed by atoms with Gasteiger partial charge < -0.3 is 40.6 Å². The van der Waals surface area contributed by atoms with Crippen molar-refractivity contribution < 1.29 is 55.3 Å². The van der Waals surface area contributed by atoms with Crippen LogP contribution in [0.15, 0.2) is 60.0 Å². The summed E-state index contributed by atoms with van der Waals surface area (Å²) in [5, 5.41) is 31.0. The molecule has 0 radical (unpaired) electrons. The molecule has 4 aromatic rings. The first-order chi connectivity index (χ1) is 21.4. The van der Waals surface area contributed by atoms with Crippen molar-refractivity contribution in [2.45, 2.75) is 41.9 Å². The Hall–Kier alpha value is -3.51. The molecule has 1 fully saturated rings. The minimum atomic E-state index is -5.17. The number of aliphatic hydroxyl groups excluding tert-OH is 2. The number of nitrogens with two attached hydrogens (primary N) is 2. The summed E-state index contributed by atoms with van der Waals surface area (Å²) in [6, 6.07) is 10.9. The van der Waals surface area contributed by atoms with Crippen LogP contribution in [0.25, 0.3) is 21.9 Å². The number of ether oxygens (including phenoxy) is 1. The van der Waals surface area contributed by atoms with Gasteiger partial charge >= 0.3 is 5.97 Å². The smallest absolute Gasteiger partial charge is 0.320 e. The van der Waals surface area contributed by atoms with Crippen molar-refractivity contribution in [3.8, 4) is 0 Å². The lowest BCUT2D eigenvalue weighted by molar-refractivity contribution is -0.138. The molecule has 0 bridgehead atoms. The van der Waals surface area contributed by atoms with E-state index in [1.807, 2.05) is 12.3 Å². The van der Waals surface area contributed by atoms with Gasteiger partial charge in [-0.15, -0.1) is 0 Å². The summed E-state index contributed by atoms with van der Waals surface area (Å²) in [6.45, 7) is 0. The van der Waals surface area contributed by atoms with Crippen molar-refractivity contribution in [3.63, 3.8) is 0 Å². The van der Waals surface area contributed by atoms with Gasteiger partial charge in [0.2, 0.25) is 0 Å². The first-order valence-electron chi connectivity index (χ1n) is 13.0. The van der Waals surface area contributed by atoms with Crippen molar-refractivity contribution in [1.82, 2.24) is 19.5 Å². The number of imidazole rings is 1. The van der Waals surface area contributed by atoms with E-state index in [-0.39, 0.29) is 21.6 Å². The molecule has 8 N–H and O–H groups in total. The summed E-state index contributed by atoms with van der Waals surface area (Å²) in [5.41, 5.74) is 12.1. The van der Waals surface area contributed by atoms with Crippen molar-refractivity contribution in [2.24, 2.45) is 5.73 Å². The van der Waals surface area contributed by atoms with Crippen LogP contribution in [0.1, 0.15) is 12.6 Å². The molecular formula is C25H31N6O12S3-. The second kappa shape index (κ2) is 15.4. The number of carboxylic acid groups (broad SMARTS) is 1. The summed E-state index contributed by atoms with van der Waals surface area (Å²) >= 11 is 0. The maximum Gasteiger partial charge on any atom is 0.320 e. The number of carboxylic acids is 1. The van der Waals surface area contributed by atoms with Crippen LogP contribution < -0.4 is 11.5 Å². The van der Waals surface area contributed by atoms with Crippen molar-refractivity contribution >= 4 is 65.1 Å². The first kappa shape index (κ1) is 37.0. The van der Waals surface area contributed by atoms with E-state index in [1.54, 1.807) is 30.3 Å². The van der Waals surface area contributed by atoms with Crippen LogP contribution in [0, 0.1) is 0 Å². The number of rotatable bonds is 8. The molecule has 2 aromatic carbocycles. The molecule has 1 aliphatic rings. The van der Waals surface area contributed by atoms with Crippen LogP contribution in [-0.4, -0.2) is 113 Å². The van der Waals surface area contributed by atoms with Gasteiger partial charge in [-0.3, -0.25) is 22.3 Å². The van der Waals surface area contributed by atoms with Gasteiger partial charge in [-0.2, -0.15) is 8.42 Å². The van der Waals surface area contributed by atoms with Gasteiger partial charge in [-0.25, -0.2) is 15.0 Å². The zero-order chi connectivity index (χ0) is 34.4. The van der Waals surface area contributed by atoms with E-state index in [0.29, 0.717) is 34.5 Å². The predicted molar refractivity (Wildman–Crippen MR) is 163 cm³/mol. The van der Waals surface area contributed by atoms with Gasteiger partial charge in [-0.1, -0.05) is 36.4 Å². The molecule has 1 unspecified atom stereocenters. The molecule has 5 rings (SSSR count). The van der Waals surface area contributed by atoms with Crippen LogP contribution in [-0.2, 0) is 40.9 Å². The normalized spacial score (nSPS) is 21.1. The number of nitrogen functional groups attached to an aromatic ring is 1. The third-order valence-electron chi connectivity index (χ3n) is 6.57. The highest BCUT2D eigenvalue weighted by atomic mass is 32.3. The van der Waals surface area contributed by atoms with Gasteiger partial charge in [0.15, 0.2) is 17.7 Å². The average Bonchev–Trinajstić information content (AvgIpc) is 3.52.